The van der Waals surface area contributed by atoms with E-state index in [1.54, 1.807) is 30.3 Å². The third-order valence-electron chi connectivity index (χ3n) is 1.62. The molecule has 17 heavy (non-hydrogen) atoms. The fourth-order valence-electron chi connectivity index (χ4n) is 0.899. The summed E-state index contributed by atoms with van der Waals surface area (Å²) in [6.45, 7) is -0.282. The van der Waals surface area contributed by atoms with E-state index in [2.05, 4.69) is 14.1 Å². The monoisotopic (exact) mass is 266 g/mol. The minimum absolute atomic E-state index is 0.282. The van der Waals surface area contributed by atoms with E-state index in [1.165, 1.54) is 0 Å². The van der Waals surface area contributed by atoms with Crippen molar-refractivity contribution < 1.29 is 32.9 Å². The van der Waals surface area contributed by atoms with E-state index in [0.717, 1.165) is 0 Å². The Balaban J connectivity index is 2.44. The first kappa shape index (κ1) is 13.8. The molecule has 0 unspecified atom stereocenters. The molecule has 94 valence electrons. The average Bonchev–Trinajstić information content (AvgIpc) is 2.34. The van der Waals surface area contributed by atoms with Crippen molar-refractivity contribution >= 4 is 18.0 Å². The van der Waals surface area contributed by atoms with Crippen LogP contribution in [0, 0.1) is 0 Å². The van der Waals surface area contributed by atoms with Crippen molar-refractivity contribution in [2.45, 2.75) is 11.9 Å². The molecular weight excluding hydrogens is 258 g/mol. The first-order chi connectivity index (χ1) is 8.06. The molecule has 8 heteroatoms. The van der Waals surface area contributed by atoms with Crippen LogP contribution in [0.1, 0.15) is 5.56 Å². The van der Waals surface area contributed by atoms with E-state index in [4.69, 9.17) is 5.26 Å². The third-order valence-corrected chi connectivity index (χ3v) is 2.12. The number of alkyl halides is 2. The van der Waals surface area contributed by atoms with Gasteiger partial charge in [0, 0.05) is 0 Å². The van der Waals surface area contributed by atoms with Gasteiger partial charge in [-0.3, -0.25) is 0 Å². The van der Waals surface area contributed by atoms with E-state index < -0.39 is 23.3 Å². The first-order valence-electron chi connectivity index (χ1n) is 4.31. The zero-order valence-corrected chi connectivity index (χ0v) is 9.15. The maximum atomic E-state index is 12.9. The lowest BCUT2D eigenvalue weighted by molar-refractivity contribution is -0.433. The molecular formula is C9H8F2O5S. The van der Waals surface area contributed by atoms with E-state index in [9.17, 15) is 13.6 Å². The molecule has 0 spiro atoms. The molecule has 0 heterocycles. The number of carbonyl (C=O) groups excluding carboxylic acids is 1. The van der Waals surface area contributed by atoms with Crippen LogP contribution in [0.25, 0.3) is 0 Å². The Morgan fingerprint density at radius 2 is 2.00 bits per heavy atom. The smallest absolute Gasteiger partial charge is 0.415 e. The lowest BCUT2D eigenvalue weighted by Crippen LogP contribution is -2.27. The van der Waals surface area contributed by atoms with Crippen molar-refractivity contribution in [3.63, 3.8) is 0 Å². The molecule has 0 saturated carbocycles. The van der Waals surface area contributed by atoms with Crippen LogP contribution in [-0.2, 0) is 25.5 Å². The maximum absolute atomic E-state index is 12.9. The number of ether oxygens (including phenoxy) is 1. The van der Waals surface area contributed by atoms with Gasteiger partial charge >= 0.3 is 11.2 Å². The number of halogens is 2. The van der Waals surface area contributed by atoms with Crippen LogP contribution in [0.15, 0.2) is 30.3 Å². The lowest BCUT2D eigenvalue weighted by atomic mass is 10.2. The number of hydrogen-bond acceptors (Lipinski definition) is 6. The van der Waals surface area contributed by atoms with E-state index in [-0.39, 0.29) is 6.61 Å². The van der Waals surface area contributed by atoms with E-state index in [1.807, 2.05) is 0 Å². The van der Waals surface area contributed by atoms with Gasteiger partial charge in [0.1, 0.15) is 18.6 Å². The zero-order valence-electron chi connectivity index (χ0n) is 8.34. The molecule has 0 aliphatic carbocycles. The van der Waals surface area contributed by atoms with Gasteiger partial charge < -0.3 is 4.74 Å². The molecule has 0 saturated heterocycles. The van der Waals surface area contributed by atoms with Crippen molar-refractivity contribution in [1.29, 1.82) is 0 Å². The Kier molecular flexibility index (Phi) is 5.29. The molecule has 1 aromatic carbocycles. The van der Waals surface area contributed by atoms with Gasteiger partial charge in [-0.1, -0.05) is 35.4 Å². The van der Waals surface area contributed by atoms with Gasteiger partial charge in [-0.05, 0) is 5.56 Å². The second-order valence-corrected chi connectivity index (χ2v) is 3.62. The summed E-state index contributed by atoms with van der Waals surface area (Å²) in [5.41, 5.74) is 0.570. The van der Waals surface area contributed by atoms with Gasteiger partial charge in [-0.25, -0.2) is 10.1 Å². The topological polar surface area (TPSA) is 65.0 Å². The molecule has 1 aromatic rings. The Labute approximate surface area is 99.3 Å². The van der Waals surface area contributed by atoms with E-state index in [0.29, 0.717) is 5.56 Å². The second kappa shape index (κ2) is 6.50. The Morgan fingerprint density at radius 1 is 1.35 bits per heavy atom. The lowest BCUT2D eigenvalue weighted by Gasteiger charge is -2.12. The van der Waals surface area contributed by atoms with Crippen LogP contribution in [0.4, 0.5) is 8.78 Å². The quantitative estimate of drug-likeness (QED) is 0.369. The summed E-state index contributed by atoms with van der Waals surface area (Å²) >= 11 is -0.658. The molecule has 0 bridgehead atoms. The molecule has 1 N–H and O–H groups in total. The highest BCUT2D eigenvalue weighted by atomic mass is 32.2. The van der Waals surface area contributed by atoms with Gasteiger partial charge in [0.2, 0.25) is 0 Å². The molecule has 0 radical (unpaired) electrons. The molecule has 1 rings (SSSR count). The Bertz CT molecular complexity index is 360. The van der Waals surface area contributed by atoms with E-state index >= 15 is 0 Å². The SMILES string of the molecule is O=C(OCc1ccccc1)C(F)(F)SOOO. The fourth-order valence-corrected chi connectivity index (χ4v) is 1.14. The van der Waals surface area contributed by atoms with Crippen LogP contribution in [0.5, 0.6) is 0 Å². The minimum Gasteiger partial charge on any atom is -0.456 e. The summed E-state index contributed by atoms with van der Waals surface area (Å²) in [4.78, 5) is 10.9. The molecule has 0 aliphatic heterocycles. The molecule has 0 fully saturated rings. The maximum Gasteiger partial charge on any atom is 0.415 e. The zero-order chi connectivity index (χ0) is 12.7. The standard InChI is InChI=1S/C9H8F2O5S/c10-9(11,17-16-15-13)8(12)14-6-7-4-2-1-3-5-7/h1-5,13H,6H2. The second-order valence-electron chi connectivity index (χ2n) is 2.80. The summed E-state index contributed by atoms with van der Waals surface area (Å²) in [5.74, 6) is -1.79. The first-order valence-corrected chi connectivity index (χ1v) is 5.05. The van der Waals surface area contributed by atoms with Gasteiger partial charge in [0.05, 0.1) is 0 Å². The normalized spacial score (nSPS) is 11.2. The number of hydrogen-bond donors (Lipinski definition) is 1. The predicted octanol–water partition coefficient (Wildman–Crippen LogP) is 2.39. The summed E-state index contributed by atoms with van der Waals surface area (Å²) in [6.07, 6.45) is 0. The third kappa shape index (κ3) is 4.65. The highest BCUT2D eigenvalue weighted by molar-refractivity contribution is 7.96. The Morgan fingerprint density at radius 3 is 2.59 bits per heavy atom. The van der Waals surface area contributed by atoms with Gasteiger partial charge in [-0.15, -0.1) is 4.33 Å². The molecule has 5 nitrogen and oxygen atoms in total. The summed E-state index contributed by atoms with van der Waals surface area (Å²) in [7, 11) is 0. The minimum atomic E-state index is -3.96. The van der Waals surface area contributed by atoms with Crippen LogP contribution in [0.3, 0.4) is 0 Å². The number of carbonyl (C=O) groups is 1. The van der Waals surface area contributed by atoms with Crippen LogP contribution >= 0.6 is 12.0 Å². The van der Waals surface area contributed by atoms with Crippen molar-refractivity contribution in [3.05, 3.63) is 35.9 Å². The summed E-state index contributed by atoms with van der Waals surface area (Å²) < 4.78 is 33.6. The van der Waals surface area contributed by atoms with Gasteiger partial charge in [0.25, 0.3) is 0 Å². The van der Waals surface area contributed by atoms with Crippen LogP contribution in [-0.4, -0.2) is 16.5 Å². The summed E-state index contributed by atoms with van der Waals surface area (Å²) in [5, 5.41) is 6.70. The summed E-state index contributed by atoms with van der Waals surface area (Å²) in [6, 6.07) is 8.33. The van der Waals surface area contributed by atoms with Gasteiger partial charge in [0.15, 0.2) is 0 Å². The number of esters is 1. The number of benzene rings is 1. The molecule has 0 aliphatic rings. The Hall–Kier alpha value is -1.22. The largest absolute Gasteiger partial charge is 0.456 e. The molecule has 0 amide bonds. The van der Waals surface area contributed by atoms with Gasteiger partial charge in [-0.2, -0.15) is 8.78 Å². The highest BCUT2D eigenvalue weighted by Gasteiger charge is 2.44. The fraction of sp³-hybridized carbons (Fsp3) is 0.222. The highest BCUT2D eigenvalue weighted by Crippen LogP contribution is 2.31. The van der Waals surface area contributed by atoms with Crippen molar-refractivity contribution in [2.24, 2.45) is 0 Å². The average molecular weight is 266 g/mol. The number of rotatable bonds is 6. The van der Waals surface area contributed by atoms with Crippen LogP contribution in [0.2, 0.25) is 0 Å². The molecule has 0 atom stereocenters. The van der Waals surface area contributed by atoms with Crippen molar-refractivity contribution in [3.8, 4) is 0 Å². The van der Waals surface area contributed by atoms with Crippen LogP contribution < -0.4 is 0 Å². The van der Waals surface area contributed by atoms with Crippen molar-refractivity contribution in [1.82, 2.24) is 0 Å². The predicted molar refractivity (Wildman–Crippen MR) is 53.6 cm³/mol. The molecule has 0 aromatic heterocycles. The van der Waals surface area contributed by atoms with Crippen molar-refractivity contribution in [2.75, 3.05) is 0 Å².